The molecule has 0 bridgehead atoms. The van der Waals surface area contributed by atoms with E-state index >= 15 is 0 Å². The first kappa shape index (κ1) is 17.7. The molecular formula is C16H22N4O4S. The molecule has 1 aromatic rings. The second kappa shape index (κ2) is 6.99. The molecule has 25 heavy (non-hydrogen) atoms. The highest BCUT2D eigenvalue weighted by Crippen LogP contribution is 2.20. The number of anilines is 1. The van der Waals surface area contributed by atoms with E-state index in [1.807, 2.05) is 4.90 Å². The van der Waals surface area contributed by atoms with Crippen LogP contribution in [0.15, 0.2) is 18.3 Å². The van der Waals surface area contributed by atoms with Crippen LogP contribution in [0.2, 0.25) is 0 Å². The van der Waals surface area contributed by atoms with Gasteiger partial charge in [0.1, 0.15) is 5.82 Å². The molecule has 0 spiro atoms. The van der Waals surface area contributed by atoms with Gasteiger partial charge in [-0.05, 0) is 18.6 Å². The molecule has 0 aromatic carbocycles. The van der Waals surface area contributed by atoms with E-state index in [-0.39, 0.29) is 23.5 Å². The van der Waals surface area contributed by atoms with Gasteiger partial charge in [-0.15, -0.1) is 0 Å². The number of hydrogen-bond donors (Lipinski definition) is 0. The zero-order valence-electron chi connectivity index (χ0n) is 14.2. The zero-order chi connectivity index (χ0) is 18.0. The molecule has 2 fully saturated rings. The highest BCUT2D eigenvalue weighted by atomic mass is 32.2. The minimum Gasteiger partial charge on any atom is -0.353 e. The smallest absolute Gasteiger partial charge is 0.254 e. The Morgan fingerprint density at radius 1 is 1.32 bits per heavy atom. The van der Waals surface area contributed by atoms with Crippen LogP contribution in [0.1, 0.15) is 16.8 Å². The summed E-state index contributed by atoms with van der Waals surface area (Å²) in [5.41, 5.74) is 0.495. The minimum absolute atomic E-state index is 0.0286. The standard InChI is InChI=1S/C16H22N4O4S/c1-18(14-3-9-25(23,24)11-14)16(22)13-2-4-17-15(10-13)20-7-5-19(12-21)6-8-20/h2,4,10,12,14H,3,5-9,11H2,1H3. The fourth-order valence-corrected chi connectivity index (χ4v) is 5.01. The lowest BCUT2D eigenvalue weighted by Crippen LogP contribution is -2.46. The third kappa shape index (κ3) is 3.92. The molecule has 2 amide bonds. The molecule has 3 heterocycles. The number of carbonyl (C=O) groups excluding carboxylic acids is 2. The van der Waals surface area contributed by atoms with Gasteiger partial charge < -0.3 is 14.7 Å². The van der Waals surface area contributed by atoms with Crippen molar-refractivity contribution in [2.75, 3.05) is 49.6 Å². The SMILES string of the molecule is CN(C(=O)c1ccnc(N2CCN(C=O)CC2)c1)C1CCS(=O)(=O)C1. The molecular weight excluding hydrogens is 344 g/mol. The largest absolute Gasteiger partial charge is 0.353 e. The summed E-state index contributed by atoms with van der Waals surface area (Å²) in [6.45, 7) is 2.59. The Labute approximate surface area is 147 Å². The molecule has 2 saturated heterocycles. The van der Waals surface area contributed by atoms with Gasteiger partial charge in [0.05, 0.1) is 11.5 Å². The molecule has 0 aliphatic carbocycles. The molecule has 9 heteroatoms. The van der Waals surface area contributed by atoms with Gasteiger partial charge >= 0.3 is 0 Å². The Bertz CT molecular complexity index is 759. The number of sulfone groups is 1. The maximum atomic E-state index is 12.7. The molecule has 8 nitrogen and oxygen atoms in total. The number of pyridine rings is 1. The van der Waals surface area contributed by atoms with Crippen LogP contribution in [-0.4, -0.2) is 86.3 Å². The summed E-state index contributed by atoms with van der Waals surface area (Å²) in [5.74, 6) is 0.666. The maximum absolute atomic E-state index is 12.7. The van der Waals surface area contributed by atoms with Crippen molar-refractivity contribution in [3.05, 3.63) is 23.9 Å². The van der Waals surface area contributed by atoms with E-state index in [1.165, 1.54) is 4.90 Å². The summed E-state index contributed by atoms with van der Waals surface area (Å²) in [7, 11) is -1.39. The van der Waals surface area contributed by atoms with Crippen LogP contribution in [-0.2, 0) is 14.6 Å². The molecule has 0 N–H and O–H groups in total. The summed E-state index contributed by atoms with van der Waals surface area (Å²) in [6.07, 6.45) is 2.92. The van der Waals surface area contributed by atoms with Gasteiger partial charge in [-0.1, -0.05) is 0 Å². The molecule has 3 rings (SSSR count). The first-order chi connectivity index (χ1) is 11.9. The Hall–Kier alpha value is -2.16. The minimum atomic E-state index is -3.04. The number of carbonyl (C=O) groups is 2. The van der Waals surface area contributed by atoms with Gasteiger partial charge in [0.25, 0.3) is 5.91 Å². The lowest BCUT2D eigenvalue weighted by atomic mass is 10.1. The van der Waals surface area contributed by atoms with E-state index in [0.717, 1.165) is 6.41 Å². The second-order valence-electron chi connectivity index (χ2n) is 6.50. The molecule has 2 aliphatic heterocycles. The van der Waals surface area contributed by atoms with Crippen LogP contribution in [0.25, 0.3) is 0 Å². The van der Waals surface area contributed by atoms with Gasteiger partial charge in [0.2, 0.25) is 6.41 Å². The first-order valence-electron chi connectivity index (χ1n) is 8.27. The number of nitrogens with zero attached hydrogens (tertiary/aromatic N) is 4. The normalized spacial score (nSPS) is 22.7. The molecule has 1 unspecified atom stereocenters. The van der Waals surface area contributed by atoms with Crippen LogP contribution >= 0.6 is 0 Å². The Morgan fingerprint density at radius 2 is 2.04 bits per heavy atom. The van der Waals surface area contributed by atoms with Gasteiger partial charge in [-0.2, -0.15) is 0 Å². The van der Waals surface area contributed by atoms with E-state index in [2.05, 4.69) is 4.98 Å². The fourth-order valence-electron chi connectivity index (χ4n) is 3.23. The van der Waals surface area contributed by atoms with Gasteiger partial charge in [0, 0.05) is 51.0 Å². The van der Waals surface area contributed by atoms with Crippen molar-refractivity contribution < 1.29 is 18.0 Å². The van der Waals surface area contributed by atoms with Crippen LogP contribution < -0.4 is 4.90 Å². The van der Waals surface area contributed by atoms with E-state index < -0.39 is 9.84 Å². The molecule has 0 saturated carbocycles. The van der Waals surface area contributed by atoms with Crippen LogP contribution in [0.5, 0.6) is 0 Å². The van der Waals surface area contributed by atoms with E-state index in [9.17, 15) is 18.0 Å². The summed E-state index contributed by atoms with van der Waals surface area (Å²) in [4.78, 5) is 33.1. The number of rotatable bonds is 4. The summed E-state index contributed by atoms with van der Waals surface area (Å²) in [5, 5.41) is 0. The van der Waals surface area contributed by atoms with Gasteiger partial charge in [-0.25, -0.2) is 13.4 Å². The predicted octanol–water partition coefficient (Wildman–Crippen LogP) is -0.381. The van der Waals surface area contributed by atoms with Gasteiger partial charge in [-0.3, -0.25) is 9.59 Å². The number of aromatic nitrogens is 1. The highest BCUT2D eigenvalue weighted by molar-refractivity contribution is 7.91. The highest BCUT2D eigenvalue weighted by Gasteiger charge is 2.33. The Balaban J connectivity index is 1.70. The fraction of sp³-hybridized carbons (Fsp3) is 0.562. The van der Waals surface area contributed by atoms with Gasteiger partial charge in [0.15, 0.2) is 9.84 Å². The summed E-state index contributed by atoms with van der Waals surface area (Å²) in [6, 6.07) is 3.11. The third-order valence-corrected chi connectivity index (χ3v) is 6.61. The lowest BCUT2D eigenvalue weighted by molar-refractivity contribution is -0.118. The van der Waals surface area contributed by atoms with Crippen molar-refractivity contribution in [1.82, 2.24) is 14.8 Å². The average molecular weight is 366 g/mol. The van der Waals surface area contributed by atoms with Crippen molar-refractivity contribution in [3.8, 4) is 0 Å². The van der Waals surface area contributed by atoms with Crippen LogP contribution in [0.3, 0.4) is 0 Å². The predicted molar refractivity (Wildman–Crippen MR) is 93.2 cm³/mol. The molecule has 0 radical (unpaired) electrons. The lowest BCUT2D eigenvalue weighted by Gasteiger charge is -2.33. The molecule has 136 valence electrons. The van der Waals surface area contributed by atoms with E-state index in [4.69, 9.17) is 0 Å². The summed E-state index contributed by atoms with van der Waals surface area (Å²) >= 11 is 0. The molecule has 2 aliphatic rings. The topological polar surface area (TPSA) is 90.9 Å². The van der Waals surface area contributed by atoms with Crippen molar-refractivity contribution >= 4 is 28.0 Å². The number of amides is 2. The summed E-state index contributed by atoms with van der Waals surface area (Å²) < 4.78 is 23.3. The van der Waals surface area contributed by atoms with Crippen molar-refractivity contribution in [2.24, 2.45) is 0 Å². The van der Waals surface area contributed by atoms with Crippen molar-refractivity contribution in [1.29, 1.82) is 0 Å². The van der Waals surface area contributed by atoms with E-state index in [1.54, 1.807) is 30.3 Å². The molecule has 1 aromatic heterocycles. The van der Waals surface area contributed by atoms with Crippen molar-refractivity contribution in [2.45, 2.75) is 12.5 Å². The van der Waals surface area contributed by atoms with Crippen LogP contribution in [0.4, 0.5) is 5.82 Å². The Morgan fingerprint density at radius 3 is 2.64 bits per heavy atom. The van der Waals surface area contributed by atoms with Crippen LogP contribution in [0, 0.1) is 0 Å². The van der Waals surface area contributed by atoms with Crippen molar-refractivity contribution in [3.63, 3.8) is 0 Å². The second-order valence-corrected chi connectivity index (χ2v) is 8.73. The monoisotopic (exact) mass is 366 g/mol. The van der Waals surface area contributed by atoms with E-state index in [0.29, 0.717) is 44.0 Å². The molecule has 1 atom stereocenters. The average Bonchev–Trinajstić information content (AvgIpc) is 3.00. The first-order valence-corrected chi connectivity index (χ1v) is 10.1. The zero-order valence-corrected chi connectivity index (χ0v) is 15.0. The number of piperazine rings is 1. The third-order valence-electron chi connectivity index (χ3n) is 4.86. The maximum Gasteiger partial charge on any atom is 0.254 e. The Kier molecular flexibility index (Phi) is 4.94. The quantitative estimate of drug-likeness (QED) is 0.675. The number of hydrogen-bond acceptors (Lipinski definition) is 6.